The van der Waals surface area contributed by atoms with Crippen LogP contribution >= 0.6 is 0 Å². The summed E-state index contributed by atoms with van der Waals surface area (Å²) in [7, 11) is 0. The lowest BCUT2D eigenvalue weighted by Gasteiger charge is -2.34. The van der Waals surface area contributed by atoms with Gasteiger partial charge >= 0.3 is 5.97 Å². The van der Waals surface area contributed by atoms with Gasteiger partial charge in [-0.25, -0.2) is 0 Å². The molecule has 1 aliphatic heterocycles. The van der Waals surface area contributed by atoms with Crippen LogP contribution in [0.1, 0.15) is 40.0 Å². The van der Waals surface area contributed by atoms with Gasteiger partial charge in [-0.3, -0.25) is 4.79 Å². The van der Waals surface area contributed by atoms with Crippen LogP contribution in [0.15, 0.2) is 0 Å². The highest BCUT2D eigenvalue weighted by atomic mass is 16.5. The Labute approximate surface area is 92.8 Å². The highest BCUT2D eigenvalue weighted by molar-refractivity contribution is 5.72. The fourth-order valence-electron chi connectivity index (χ4n) is 1.99. The number of esters is 1. The zero-order chi connectivity index (χ0) is 11.3. The van der Waals surface area contributed by atoms with Crippen LogP contribution in [0.4, 0.5) is 0 Å². The highest BCUT2D eigenvalue weighted by Crippen LogP contribution is 2.19. The molecule has 1 aliphatic rings. The topological polar surface area (TPSA) is 29.5 Å². The average Bonchev–Trinajstić information content (AvgIpc) is 2.26. The van der Waals surface area contributed by atoms with Gasteiger partial charge in [-0.05, 0) is 39.7 Å². The number of rotatable bonds is 4. The zero-order valence-electron chi connectivity index (χ0n) is 10.2. The molecule has 3 heteroatoms. The normalized spacial score (nSPS) is 23.1. The average molecular weight is 213 g/mol. The van der Waals surface area contributed by atoms with Crippen molar-refractivity contribution in [1.82, 2.24) is 4.90 Å². The van der Waals surface area contributed by atoms with Gasteiger partial charge in [0, 0.05) is 12.6 Å². The molecule has 0 aromatic rings. The Balaban J connectivity index is 2.38. The predicted octanol–water partition coefficient (Wildman–Crippen LogP) is 2.06. The second-order valence-corrected chi connectivity index (χ2v) is 4.60. The van der Waals surface area contributed by atoms with Gasteiger partial charge in [-0.15, -0.1) is 0 Å². The molecule has 0 aromatic carbocycles. The maximum absolute atomic E-state index is 11.7. The molecule has 1 fully saturated rings. The monoisotopic (exact) mass is 213 g/mol. The Bertz CT molecular complexity index is 204. The quantitative estimate of drug-likeness (QED) is 0.669. The third-order valence-electron chi connectivity index (χ3n) is 2.96. The molecule has 0 saturated carbocycles. The van der Waals surface area contributed by atoms with Crippen LogP contribution in [-0.2, 0) is 9.53 Å². The van der Waals surface area contributed by atoms with E-state index < -0.39 is 0 Å². The van der Waals surface area contributed by atoms with Crippen molar-refractivity contribution < 1.29 is 9.53 Å². The predicted molar refractivity (Wildman–Crippen MR) is 60.7 cm³/mol. The summed E-state index contributed by atoms with van der Waals surface area (Å²) in [5.41, 5.74) is 0. The van der Waals surface area contributed by atoms with Crippen molar-refractivity contribution in [1.29, 1.82) is 0 Å². The Morgan fingerprint density at radius 1 is 1.53 bits per heavy atom. The number of carbonyl (C=O) groups is 1. The molecule has 0 N–H and O–H groups in total. The first-order valence-electron chi connectivity index (χ1n) is 6.05. The van der Waals surface area contributed by atoms with Crippen LogP contribution in [0.3, 0.4) is 0 Å². The first kappa shape index (κ1) is 12.5. The van der Waals surface area contributed by atoms with E-state index in [0.717, 1.165) is 32.4 Å². The molecule has 1 atom stereocenters. The summed E-state index contributed by atoms with van der Waals surface area (Å²) in [4.78, 5) is 14.0. The minimum atomic E-state index is 0.00204. The van der Waals surface area contributed by atoms with Crippen molar-refractivity contribution in [3.63, 3.8) is 0 Å². The number of hydrogen-bond donors (Lipinski definition) is 0. The van der Waals surface area contributed by atoms with Crippen LogP contribution in [0.2, 0.25) is 0 Å². The molecule has 0 spiro atoms. The number of piperidine rings is 1. The SMILES string of the molecule is CCCOC(=O)C1CCCN(C(C)C)C1. The third kappa shape index (κ3) is 3.82. The van der Waals surface area contributed by atoms with Gasteiger partial charge in [0.15, 0.2) is 0 Å². The lowest BCUT2D eigenvalue weighted by Crippen LogP contribution is -2.42. The van der Waals surface area contributed by atoms with Crippen LogP contribution in [0, 0.1) is 5.92 Å². The summed E-state index contributed by atoms with van der Waals surface area (Å²) in [5.74, 6) is 0.106. The highest BCUT2D eigenvalue weighted by Gasteiger charge is 2.27. The van der Waals surface area contributed by atoms with Gasteiger partial charge in [0.2, 0.25) is 0 Å². The van der Waals surface area contributed by atoms with Gasteiger partial charge in [0.25, 0.3) is 0 Å². The van der Waals surface area contributed by atoms with Gasteiger partial charge < -0.3 is 9.64 Å². The fourth-order valence-corrected chi connectivity index (χ4v) is 1.99. The van der Waals surface area contributed by atoms with Crippen LogP contribution in [-0.4, -0.2) is 36.6 Å². The Morgan fingerprint density at radius 3 is 2.87 bits per heavy atom. The van der Waals surface area contributed by atoms with E-state index in [-0.39, 0.29) is 11.9 Å². The van der Waals surface area contributed by atoms with E-state index in [2.05, 4.69) is 18.7 Å². The summed E-state index contributed by atoms with van der Waals surface area (Å²) in [6.07, 6.45) is 3.02. The number of likely N-dealkylation sites (tertiary alicyclic amines) is 1. The van der Waals surface area contributed by atoms with Crippen molar-refractivity contribution in [3.8, 4) is 0 Å². The molecule has 1 rings (SSSR count). The number of nitrogens with zero attached hydrogens (tertiary/aromatic N) is 1. The van der Waals surface area contributed by atoms with Crippen molar-refractivity contribution in [2.75, 3.05) is 19.7 Å². The molecule has 1 unspecified atom stereocenters. The lowest BCUT2D eigenvalue weighted by molar-refractivity contribution is -0.150. The molecule has 15 heavy (non-hydrogen) atoms. The molecule has 0 aliphatic carbocycles. The maximum atomic E-state index is 11.7. The largest absolute Gasteiger partial charge is 0.465 e. The smallest absolute Gasteiger partial charge is 0.310 e. The van der Waals surface area contributed by atoms with E-state index in [0.29, 0.717) is 12.6 Å². The molecular weight excluding hydrogens is 190 g/mol. The van der Waals surface area contributed by atoms with E-state index in [1.54, 1.807) is 0 Å². The van der Waals surface area contributed by atoms with Crippen molar-refractivity contribution in [3.05, 3.63) is 0 Å². The van der Waals surface area contributed by atoms with Gasteiger partial charge in [0.1, 0.15) is 0 Å². The molecule has 3 nitrogen and oxygen atoms in total. The summed E-state index contributed by atoms with van der Waals surface area (Å²) in [6, 6.07) is 0.534. The molecular formula is C12H23NO2. The summed E-state index contributed by atoms with van der Waals surface area (Å²) in [5, 5.41) is 0. The van der Waals surface area contributed by atoms with Gasteiger partial charge in [0.05, 0.1) is 12.5 Å². The van der Waals surface area contributed by atoms with E-state index in [9.17, 15) is 4.79 Å². The number of carbonyl (C=O) groups excluding carboxylic acids is 1. The standard InChI is InChI=1S/C12H23NO2/c1-4-8-15-12(14)11-6-5-7-13(9-11)10(2)3/h10-11H,4-9H2,1-3H3. The molecule has 0 bridgehead atoms. The zero-order valence-corrected chi connectivity index (χ0v) is 10.2. The van der Waals surface area contributed by atoms with E-state index in [1.165, 1.54) is 0 Å². The Morgan fingerprint density at radius 2 is 2.27 bits per heavy atom. The van der Waals surface area contributed by atoms with Crippen LogP contribution < -0.4 is 0 Å². The second-order valence-electron chi connectivity index (χ2n) is 4.60. The second kappa shape index (κ2) is 6.11. The maximum Gasteiger partial charge on any atom is 0.310 e. The molecule has 0 radical (unpaired) electrons. The minimum absolute atomic E-state index is 0.00204. The number of ether oxygens (including phenoxy) is 1. The molecule has 0 amide bonds. The summed E-state index contributed by atoms with van der Waals surface area (Å²) >= 11 is 0. The van der Waals surface area contributed by atoms with Gasteiger partial charge in [-0.2, -0.15) is 0 Å². The fraction of sp³-hybridized carbons (Fsp3) is 0.917. The van der Waals surface area contributed by atoms with Crippen molar-refractivity contribution in [2.45, 2.75) is 46.1 Å². The first-order valence-corrected chi connectivity index (χ1v) is 6.05. The lowest BCUT2D eigenvalue weighted by atomic mass is 9.97. The van der Waals surface area contributed by atoms with E-state index >= 15 is 0 Å². The number of hydrogen-bond acceptors (Lipinski definition) is 3. The first-order chi connectivity index (χ1) is 7.15. The molecule has 1 heterocycles. The van der Waals surface area contributed by atoms with E-state index in [1.807, 2.05) is 6.92 Å². The van der Waals surface area contributed by atoms with Crippen molar-refractivity contribution in [2.24, 2.45) is 5.92 Å². The third-order valence-corrected chi connectivity index (χ3v) is 2.96. The minimum Gasteiger partial charge on any atom is -0.465 e. The molecule has 1 saturated heterocycles. The molecule has 0 aromatic heterocycles. The van der Waals surface area contributed by atoms with Crippen LogP contribution in [0.25, 0.3) is 0 Å². The molecule has 88 valence electrons. The Kier molecular flexibility index (Phi) is 5.09. The van der Waals surface area contributed by atoms with Gasteiger partial charge in [-0.1, -0.05) is 6.92 Å². The Hall–Kier alpha value is -0.570. The summed E-state index contributed by atoms with van der Waals surface area (Å²) < 4.78 is 5.19. The van der Waals surface area contributed by atoms with E-state index in [4.69, 9.17) is 4.74 Å². The van der Waals surface area contributed by atoms with Crippen LogP contribution in [0.5, 0.6) is 0 Å². The summed E-state index contributed by atoms with van der Waals surface area (Å²) in [6.45, 7) is 8.94. The van der Waals surface area contributed by atoms with Crippen molar-refractivity contribution >= 4 is 5.97 Å².